The lowest BCUT2D eigenvalue weighted by molar-refractivity contribution is 0.102. The first-order valence-corrected chi connectivity index (χ1v) is 8.39. The van der Waals surface area contributed by atoms with Crippen LogP contribution in [0.25, 0.3) is 0 Å². The first kappa shape index (κ1) is 17.9. The molecule has 0 bridgehead atoms. The highest BCUT2D eigenvalue weighted by Gasteiger charge is 2.20. The predicted molar refractivity (Wildman–Crippen MR) is 87.0 cm³/mol. The molecule has 130 valence electrons. The van der Waals surface area contributed by atoms with Gasteiger partial charge in [-0.15, -0.1) is 0 Å². The average molecular weight is 355 g/mol. The summed E-state index contributed by atoms with van der Waals surface area (Å²) in [4.78, 5) is 12.2. The second-order valence-electron chi connectivity index (χ2n) is 6.21. The van der Waals surface area contributed by atoms with Gasteiger partial charge in [-0.25, -0.2) is 0 Å². The molecule has 0 aliphatic rings. The summed E-state index contributed by atoms with van der Waals surface area (Å²) in [6, 6.07) is 6.92. The van der Waals surface area contributed by atoms with Gasteiger partial charge in [0, 0.05) is 11.4 Å². The molecule has 0 spiro atoms. The molecule has 0 aliphatic heterocycles. The van der Waals surface area contributed by atoms with Crippen LogP contribution in [0.1, 0.15) is 37.0 Å². The zero-order chi connectivity index (χ0) is 18.1. The van der Waals surface area contributed by atoms with E-state index in [2.05, 4.69) is 14.6 Å². The molecule has 0 atom stereocenters. The number of carbonyl (C=O) groups is 1. The van der Waals surface area contributed by atoms with Crippen molar-refractivity contribution in [2.24, 2.45) is 0 Å². The Morgan fingerprint density at radius 3 is 2.29 bits per heavy atom. The second-order valence-corrected chi connectivity index (χ2v) is 7.16. The molecule has 2 rings (SSSR count). The molecule has 0 saturated carbocycles. The van der Waals surface area contributed by atoms with Crippen LogP contribution in [0.5, 0.6) is 5.75 Å². The number of aromatic nitrogens is 2. The maximum absolute atomic E-state index is 12.4. The smallest absolute Gasteiger partial charge is 0.358 e. The summed E-state index contributed by atoms with van der Waals surface area (Å²) >= 11 is 0. The van der Waals surface area contributed by atoms with E-state index in [0.717, 1.165) is 5.69 Å². The lowest BCUT2D eigenvalue weighted by Gasteiger charge is -2.21. The zero-order valence-corrected chi connectivity index (χ0v) is 14.5. The molecule has 1 N–H and O–H groups in total. The van der Waals surface area contributed by atoms with Crippen LogP contribution in [0.2, 0.25) is 0 Å². The van der Waals surface area contributed by atoms with E-state index in [4.69, 9.17) is 0 Å². The topological polar surface area (TPSA) is 90.3 Å². The number of halogens is 1. The van der Waals surface area contributed by atoms with E-state index in [9.17, 15) is 17.1 Å². The number of benzene rings is 1. The molecule has 0 fully saturated rings. The Morgan fingerprint density at radius 2 is 1.83 bits per heavy atom. The van der Waals surface area contributed by atoms with Gasteiger partial charge in [-0.3, -0.25) is 9.48 Å². The molecule has 1 heterocycles. The van der Waals surface area contributed by atoms with E-state index in [1.165, 1.54) is 24.3 Å². The number of carbonyl (C=O) groups excluding carboxylic acids is 1. The van der Waals surface area contributed by atoms with E-state index in [0.29, 0.717) is 5.69 Å². The number of aryl methyl sites for hydroxylation is 1. The number of amides is 1. The fourth-order valence-electron chi connectivity index (χ4n) is 2.17. The van der Waals surface area contributed by atoms with E-state index < -0.39 is 16.4 Å². The second kappa shape index (κ2) is 6.23. The highest BCUT2D eigenvalue weighted by atomic mass is 32.3. The standard InChI is InChI=1S/C15H18FN3O4S/c1-10-9-13(18-19(10)15(2,3)4)14(20)17-11-5-7-12(8-6-11)23-24(16,21)22/h5-9H,1-4H3,(H,17,20). The van der Waals surface area contributed by atoms with Gasteiger partial charge >= 0.3 is 10.5 Å². The molecule has 0 aliphatic carbocycles. The molecule has 2 aromatic rings. The number of nitrogens with one attached hydrogen (secondary N) is 1. The van der Waals surface area contributed by atoms with Gasteiger partial charge in [0.25, 0.3) is 5.91 Å². The van der Waals surface area contributed by atoms with Crippen molar-refractivity contribution in [1.29, 1.82) is 0 Å². The van der Waals surface area contributed by atoms with Crippen molar-refractivity contribution in [3.8, 4) is 5.75 Å². The van der Waals surface area contributed by atoms with Crippen molar-refractivity contribution in [3.63, 3.8) is 0 Å². The van der Waals surface area contributed by atoms with Gasteiger partial charge < -0.3 is 9.50 Å². The molecule has 7 nitrogen and oxygen atoms in total. The van der Waals surface area contributed by atoms with Crippen molar-refractivity contribution in [2.75, 3.05) is 5.32 Å². The van der Waals surface area contributed by atoms with Gasteiger partial charge in [0.1, 0.15) is 5.75 Å². The van der Waals surface area contributed by atoms with E-state index in [1.54, 1.807) is 10.7 Å². The minimum Gasteiger partial charge on any atom is -0.358 e. The van der Waals surface area contributed by atoms with Crippen molar-refractivity contribution in [2.45, 2.75) is 33.2 Å². The number of hydrogen-bond acceptors (Lipinski definition) is 5. The largest absolute Gasteiger partial charge is 0.488 e. The predicted octanol–water partition coefficient (Wildman–Crippen LogP) is 2.79. The summed E-state index contributed by atoms with van der Waals surface area (Å²) in [7, 11) is -5.07. The third kappa shape index (κ3) is 4.54. The number of rotatable bonds is 4. The van der Waals surface area contributed by atoms with Crippen molar-refractivity contribution < 1.29 is 21.3 Å². The van der Waals surface area contributed by atoms with Crippen LogP contribution in [-0.4, -0.2) is 24.1 Å². The van der Waals surface area contributed by atoms with Gasteiger partial charge in [0.2, 0.25) is 0 Å². The third-order valence-corrected chi connectivity index (χ3v) is 3.45. The van der Waals surface area contributed by atoms with Gasteiger partial charge in [-0.1, -0.05) is 3.89 Å². The maximum Gasteiger partial charge on any atom is 0.488 e. The molecule has 0 radical (unpaired) electrons. The van der Waals surface area contributed by atoms with Crippen LogP contribution in [0.15, 0.2) is 30.3 Å². The Hall–Kier alpha value is -2.42. The van der Waals surface area contributed by atoms with E-state index >= 15 is 0 Å². The molecular weight excluding hydrogens is 337 g/mol. The van der Waals surface area contributed by atoms with Crippen LogP contribution >= 0.6 is 0 Å². The minimum atomic E-state index is -5.07. The summed E-state index contributed by atoms with van der Waals surface area (Å²) in [5.74, 6) is -0.601. The molecule has 9 heteroatoms. The molecule has 24 heavy (non-hydrogen) atoms. The Bertz CT molecular complexity index is 852. The van der Waals surface area contributed by atoms with E-state index in [-0.39, 0.29) is 17.0 Å². The lowest BCUT2D eigenvalue weighted by Crippen LogP contribution is -2.25. The molecule has 1 aromatic carbocycles. The van der Waals surface area contributed by atoms with Crippen LogP contribution in [0.4, 0.5) is 9.57 Å². The fraction of sp³-hybridized carbons (Fsp3) is 0.333. The van der Waals surface area contributed by atoms with Crippen LogP contribution in [-0.2, 0) is 16.0 Å². The quantitative estimate of drug-likeness (QED) is 0.852. The van der Waals surface area contributed by atoms with Crippen LogP contribution < -0.4 is 9.50 Å². The summed E-state index contributed by atoms with van der Waals surface area (Å²) in [6.07, 6.45) is 0. The summed E-state index contributed by atoms with van der Waals surface area (Å²) < 4.78 is 39.0. The first-order chi connectivity index (χ1) is 11.0. The zero-order valence-electron chi connectivity index (χ0n) is 13.7. The first-order valence-electron chi connectivity index (χ1n) is 7.08. The Kier molecular flexibility index (Phi) is 4.66. The number of nitrogens with zero attached hydrogens (tertiary/aromatic N) is 2. The van der Waals surface area contributed by atoms with Gasteiger partial charge in [0.05, 0.1) is 5.54 Å². The van der Waals surface area contributed by atoms with Gasteiger partial charge in [0.15, 0.2) is 5.69 Å². The van der Waals surface area contributed by atoms with Gasteiger partial charge in [-0.2, -0.15) is 13.5 Å². The molecule has 0 unspecified atom stereocenters. The maximum atomic E-state index is 12.4. The van der Waals surface area contributed by atoms with Gasteiger partial charge in [-0.05, 0) is 58.0 Å². The number of anilines is 1. The van der Waals surface area contributed by atoms with E-state index in [1.807, 2.05) is 27.7 Å². The highest BCUT2D eigenvalue weighted by Crippen LogP contribution is 2.20. The summed E-state index contributed by atoms with van der Waals surface area (Å²) in [6.45, 7) is 7.80. The normalized spacial score (nSPS) is 12.0. The SMILES string of the molecule is Cc1cc(C(=O)Nc2ccc(OS(=O)(=O)F)cc2)nn1C(C)(C)C. The minimum absolute atomic E-state index is 0.191. The Labute approximate surface area is 139 Å². The Morgan fingerprint density at radius 1 is 1.25 bits per heavy atom. The molecule has 1 amide bonds. The third-order valence-electron chi connectivity index (χ3n) is 3.06. The van der Waals surface area contributed by atoms with Crippen molar-refractivity contribution in [1.82, 2.24) is 9.78 Å². The molecule has 0 saturated heterocycles. The fourth-order valence-corrected chi connectivity index (χ4v) is 2.51. The lowest BCUT2D eigenvalue weighted by atomic mass is 10.1. The van der Waals surface area contributed by atoms with Crippen LogP contribution in [0, 0.1) is 6.92 Å². The van der Waals surface area contributed by atoms with Crippen LogP contribution in [0.3, 0.4) is 0 Å². The molecular formula is C15H18FN3O4S. The molecule has 1 aromatic heterocycles. The highest BCUT2D eigenvalue weighted by molar-refractivity contribution is 7.81. The number of hydrogen-bond donors (Lipinski definition) is 1. The van der Waals surface area contributed by atoms with Crippen molar-refractivity contribution in [3.05, 3.63) is 41.7 Å². The average Bonchev–Trinajstić information content (AvgIpc) is 2.81. The van der Waals surface area contributed by atoms with Crippen molar-refractivity contribution >= 4 is 22.1 Å². The monoisotopic (exact) mass is 355 g/mol. The summed E-state index contributed by atoms with van der Waals surface area (Å²) in [5, 5.41) is 6.92. The summed E-state index contributed by atoms with van der Waals surface area (Å²) in [5.41, 5.74) is 1.25. The Balaban J connectivity index is 2.13.